The fourth-order valence-electron chi connectivity index (χ4n) is 1.46. The molecule has 0 spiro atoms. The van der Waals surface area contributed by atoms with E-state index < -0.39 is 37.5 Å². The van der Waals surface area contributed by atoms with E-state index in [1.165, 1.54) is 6.08 Å². The zero-order chi connectivity index (χ0) is 15.1. The molecule has 0 aromatic heterocycles. The van der Waals surface area contributed by atoms with Crippen molar-refractivity contribution in [2.75, 3.05) is 26.4 Å². The number of ether oxygens (including phenoxy) is 3. The summed E-state index contributed by atoms with van der Waals surface area (Å²) in [6.07, 6.45) is -2.37. The fourth-order valence-corrected chi connectivity index (χ4v) is 1.46. The average Bonchev–Trinajstić information content (AvgIpc) is 2.77. The van der Waals surface area contributed by atoms with Crippen molar-refractivity contribution >= 4 is 5.97 Å². The van der Waals surface area contributed by atoms with Crippen molar-refractivity contribution < 1.29 is 39.4 Å². The Hall–Kier alpha value is -1.61. The van der Waals surface area contributed by atoms with Crippen LogP contribution in [0.3, 0.4) is 0 Å². The van der Waals surface area contributed by atoms with Gasteiger partial charge in [0.25, 0.3) is 0 Å². The smallest absolute Gasteiger partial charge is 0.378 e. The molecular weight excluding hydrogens is 272 g/mol. The van der Waals surface area contributed by atoms with Crippen LogP contribution >= 0.6 is 0 Å². The Morgan fingerprint density at radius 2 is 2.00 bits per heavy atom. The molecule has 1 aliphatic heterocycles. The summed E-state index contributed by atoms with van der Waals surface area (Å²) >= 11 is 0. The molecule has 8 heteroatoms. The molecule has 0 saturated heterocycles. The minimum Gasteiger partial charge on any atom is -0.487 e. The lowest BCUT2D eigenvalue weighted by atomic mass is 10.2. The van der Waals surface area contributed by atoms with Crippen molar-refractivity contribution in [3.63, 3.8) is 0 Å². The second-order valence-corrected chi connectivity index (χ2v) is 4.02. The summed E-state index contributed by atoms with van der Waals surface area (Å²) in [7, 11) is 0. The Balaban J connectivity index is 2.89. The zero-order valence-electron chi connectivity index (χ0n) is 10.8. The highest BCUT2D eigenvalue weighted by Crippen LogP contribution is 2.27. The number of rotatable bonds is 9. The SMILES string of the molecule is C=CCOC1=C(OCC(O)CO)[C@@H]([C@@H](O)CO)OC1=O. The first-order valence-corrected chi connectivity index (χ1v) is 5.94. The van der Waals surface area contributed by atoms with Crippen molar-refractivity contribution in [1.82, 2.24) is 0 Å². The number of carbonyl (C=O) groups excluding carboxylic acids is 1. The van der Waals surface area contributed by atoms with Crippen molar-refractivity contribution in [2.45, 2.75) is 18.3 Å². The topological polar surface area (TPSA) is 126 Å². The number of aliphatic hydroxyl groups excluding tert-OH is 4. The molecule has 1 aliphatic rings. The number of hydrogen-bond acceptors (Lipinski definition) is 8. The van der Waals surface area contributed by atoms with Gasteiger partial charge in [-0.25, -0.2) is 4.79 Å². The van der Waals surface area contributed by atoms with Crippen molar-refractivity contribution in [1.29, 1.82) is 0 Å². The standard InChI is InChI=1S/C12H18O8/c1-2-3-18-11-10(19-6-7(15)4-13)9(8(16)5-14)20-12(11)17/h2,7-9,13-16H,1,3-6H2/t7?,8-,9+/m0/s1. The molecule has 0 amide bonds. The number of esters is 1. The molecule has 3 atom stereocenters. The minimum absolute atomic E-state index is 0.0157. The number of carbonyl (C=O) groups is 1. The molecule has 20 heavy (non-hydrogen) atoms. The molecule has 1 heterocycles. The van der Waals surface area contributed by atoms with Crippen LogP contribution in [-0.2, 0) is 19.0 Å². The van der Waals surface area contributed by atoms with E-state index in [1.807, 2.05) is 0 Å². The molecule has 0 saturated carbocycles. The number of cyclic esters (lactones) is 1. The number of aliphatic hydroxyl groups is 4. The minimum atomic E-state index is -1.38. The van der Waals surface area contributed by atoms with Crippen LogP contribution in [0.15, 0.2) is 24.2 Å². The highest BCUT2D eigenvalue weighted by atomic mass is 16.6. The Morgan fingerprint density at radius 1 is 1.30 bits per heavy atom. The summed E-state index contributed by atoms with van der Waals surface area (Å²) in [6.45, 7) is 1.94. The van der Waals surface area contributed by atoms with Crippen LogP contribution in [0.4, 0.5) is 0 Å². The third-order valence-electron chi connectivity index (χ3n) is 2.43. The van der Waals surface area contributed by atoms with Gasteiger partial charge in [0.1, 0.15) is 25.4 Å². The Morgan fingerprint density at radius 3 is 2.55 bits per heavy atom. The van der Waals surface area contributed by atoms with Gasteiger partial charge in [-0.3, -0.25) is 0 Å². The van der Waals surface area contributed by atoms with Gasteiger partial charge < -0.3 is 34.6 Å². The van der Waals surface area contributed by atoms with Gasteiger partial charge in [0.15, 0.2) is 11.9 Å². The largest absolute Gasteiger partial charge is 0.487 e. The molecule has 4 N–H and O–H groups in total. The zero-order valence-corrected chi connectivity index (χ0v) is 10.8. The molecule has 8 nitrogen and oxygen atoms in total. The van der Waals surface area contributed by atoms with Crippen LogP contribution in [0.1, 0.15) is 0 Å². The molecule has 0 fully saturated rings. The number of hydrogen-bond donors (Lipinski definition) is 4. The lowest BCUT2D eigenvalue weighted by Crippen LogP contribution is -2.33. The molecule has 1 unspecified atom stereocenters. The molecule has 0 radical (unpaired) electrons. The maximum absolute atomic E-state index is 11.6. The van der Waals surface area contributed by atoms with Crippen LogP contribution in [0.25, 0.3) is 0 Å². The first-order chi connectivity index (χ1) is 9.54. The predicted molar refractivity (Wildman–Crippen MR) is 65.2 cm³/mol. The Labute approximate surface area is 115 Å². The van der Waals surface area contributed by atoms with Gasteiger partial charge in [-0.05, 0) is 0 Å². The molecule has 0 aromatic rings. The van der Waals surface area contributed by atoms with Crippen LogP contribution in [0.2, 0.25) is 0 Å². The molecule has 0 aliphatic carbocycles. The third kappa shape index (κ3) is 3.94. The van der Waals surface area contributed by atoms with E-state index in [2.05, 4.69) is 6.58 Å². The van der Waals surface area contributed by atoms with Gasteiger partial charge in [-0.2, -0.15) is 0 Å². The molecule has 1 rings (SSSR count). The Bertz CT molecular complexity index is 378. The van der Waals surface area contributed by atoms with E-state index >= 15 is 0 Å². The van der Waals surface area contributed by atoms with E-state index in [0.717, 1.165) is 0 Å². The van der Waals surface area contributed by atoms with E-state index in [0.29, 0.717) is 0 Å². The first-order valence-electron chi connectivity index (χ1n) is 5.94. The molecule has 0 bridgehead atoms. The van der Waals surface area contributed by atoms with Gasteiger partial charge in [0, 0.05) is 0 Å². The van der Waals surface area contributed by atoms with E-state index in [1.54, 1.807) is 0 Å². The van der Waals surface area contributed by atoms with Gasteiger partial charge in [-0.15, -0.1) is 0 Å². The first kappa shape index (κ1) is 16.4. The van der Waals surface area contributed by atoms with Crippen LogP contribution in [0.5, 0.6) is 0 Å². The summed E-state index contributed by atoms with van der Waals surface area (Å²) in [5.41, 5.74) is 0. The van der Waals surface area contributed by atoms with Crippen LogP contribution in [-0.4, -0.2) is 71.1 Å². The lowest BCUT2D eigenvalue weighted by Gasteiger charge is -2.19. The van der Waals surface area contributed by atoms with Crippen molar-refractivity contribution in [2.24, 2.45) is 0 Å². The normalized spacial score (nSPS) is 21.4. The summed E-state index contributed by atoms with van der Waals surface area (Å²) < 4.78 is 15.1. The molecule has 114 valence electrons. The fraction of sp³-hybridized carbons (Fsp3) is 0.583. The van der Waals surface area contributed by atoms with Gasteiger partial charge in [0.2, 0.25) is 5.76 Å². The molecular formula is C12H18O8. The van der Waals surface area contributed by atoms with E-state index in [4.69, 9.17) is 24.4 Å². The quantitative estimate of drug-likeness (QED) is 0.285. The summed E-state index contributed by atoms with van der Waals surface area (Å²) in [4.78, 5) is 11.6. The second-order valence-electron chi connectivity index (χ2n) is 4.02. The summed E-state index contributed by atoms with van der Waals surface area (Å²) in [6, 6.07) is 0. The van der Waals surface area contributed by atoms with Gasteiger partial charge in [0.05, 0.1) is 13.2 Å². The monoisotopic (exact) mass is 290 g/mol. The maximum Gasteiger partial charge on any atom is 0.378 e. The van der Waals surface area contributed by atoms with E-state index in [9.17, 15) is 15.0 Å². The van der Waals surface area contributed by atoms with Crippen LogP contribution < -0.4 is 0 Å². The van der Waals surface area contributed by atoms with Crippen molar-refractivity contribution in [3.05, 3.63) is 24.2 Å². The highest BCUT2D eigenvalue weighted by Gasteiger charge is 2.41. The predicted octanol–water partition coefficient (Wildman–Crippen LogP) is -1.95. The second kappa shape index (κ2) is 7.85. The summed E-state index contributed by atoms with van der Waals surface area (Å²) in [5, 5.41) is 36.4. The van der Waals surface area contributed by atoms with Crippen LogP contribution in [0, 0.1) is 0 Å². The molecule has 0 aromatic carbocycles. The van der Waals surface area contributed by atoms with Crippen molar-refractivity contribution in [3.8, 4) is 0 Å². The highest BCUT2D eigenvalue weighted by molar-refractivity contribution is 5.89. The lowest BCUT2D eigenvalue weighted by molar-refractivity contribution is -0.148. The summed E-state index contributed by atoms with van der Waals surface area (Å²) in [5.74, 6) is -1.24. The third-order valence-corrected chi connectivity index (χ3v) is 2.43. The van der Waals surface area contributed by atoms with Gasteiger partial charge >= 0.3 is 5.97 Å². The average molecular weight is 290 g/mol. The van der Waals surface area contributed by atoms with E-state index in [-0.39, 0.29) is 24.7 Å². The van der Waals surface area contributed by atoms with Gasteiger partial charge in [-0.1, -0.05) is 12.7 Å². The Kier molecular flexibility index (Phi) is 6.46. The maximum atomic E-state index is 11.6.